The number of aromatic nitrogens is 3. The minimum absolute atomic E-state index is 0.0196. The number of morpholine rings is 1. The maximum Gasteiger partial charge on any atom is 0.254 e. The average Bonchev–Trinajstić information content (AvgIpc) is 3.14. The first-order valence-corrected chi connectivity index (χ1v) is 10.4. The Balaban J connectivity index is 1.63. The summed E-state index contributed by atoms with van der Waals surface area (Å²) in [6.07, 6.45) is 0. The number of halogens is 1. The van der Waals surface area contributed by atoms with Crippen molar-refractivity contribution in [3.8, 4) is 0 Å². The smallest absolute Gasteiger partial charge is 0.254 e. The van der Waals surface area contributed by atoms with Gasteiger partial charge in [-0.15, -0.1) is 10.2 Å². The normalized spacial score (nSPS) is 14.3. The molecule has 156 valence electrons. The molecule has 1 aromatic carbocycles. The SMILES string of the molecule is CC(C)n1c(CNC(=O)c2ccccc2F)nnc1SCC(=O)N1CCOCC1. The highest BCUT2D eigenvalue weighted by Crippen LogP contribution is 2.22. The third kappa shape index (κ3) is 5.33. The summed E-state index contributed by atoms with van der Waals surface area (Å²) >= 11 is 1.32. The van der Waals surface area contributed by atoms with Gasteiger partial charge in [0.25, 0.3) is 5.91 Å². The highest BCUT2D eigenvalue weighted by atomic mass is 32.2. The molecule has 2 aromatic rings. The second-order valence-electron chi connectivity index (χ2n) is 6.81. The number of rotatable bonds is 7. The van der Waals surface area contributed by atoms with Gasteiger partial charge in [0.05, 0.1) is 31.1 Å². The van der Waals surface area contributed by atoms with Crippen molar-refractivity contribution in [1.29, 1.82) is 0 Å². The summed E-state index contributed by atoms with van der Waals surface area (Å²) in [5.41, 5.74) is -0.0196. The molecule has 1 aliphatic rings. The maximum absolute atomic E-state index is 13.8. The van der Waals surface area contributed by atoms with Gasteiger partial charge in [-0.3, -0.25) is 9.59 Å². The molecule has 0 radical (unpaired) electrons. The van der Waals surface area contributed by atoms with Gasteiger partial charge in [0.2, 0.25) is 5.91 Å². The Bertz CT molecular complexity index is 867. The first-order valence-electron chi connectivity index (χ1n) is 9.42. The van der Waals surface area contributed by atoms with Gasteiger partial charge in [0.15, 0.2) is 11.0 Å². The number of thioether (sulfide) groups is 1. The van der Waals surface area contributed by atoms with Crippen LogP contribution in [0.15, 0.2) is 29.4 Å². The van der Waals surface area contributed by atoms with Gasteiger partial charge in [0.1, 0.15) is 5.82 Å². The van der Waals surface area contributed by atoms with Gasteiger partial charge in [-0.1, -0.05) is 23.9 Å². The summed E-state index contributed by atoms with van der Waals surface area (Å²) in [5.74, 6) is -0.254. The lowest BCUT2D eigenvalue weighted by molar-refractivity contribution is -0.132. The maximum atomic E-state index is 13.8. The van der Waals surface area contributed by atoms with Crippen LogP contribution in [0.4, 0.5) is 4.39 Å². The lowest BCUT2D eigenvalue weighted by atomic mass is 10.2. The van der Waals surface area contributed by atoms with Crippen LogP contribution in [0.5, 0.6) is 0 Å². The van der Waals surface area contributed by atoms with Crippen LogP contribution in [0.25, 0.3) is 0 Å². The number of ether oxygens (including phenoxy) is 1. The molecule has 2 heterocycles. The summed E-state index contributed by atoms with van der Waals surface area (Å²) in [6, 6.07) is 5.84. The lowest BCUT2D eigenvalue weighted by Crippen LogP contribution is -2.41. The van der Waals surface area contributed by atoms with E-state index in [1.54, 1.807) is 11.0 Å². The van der Waals surface area contributed by atoms with Crippen LogP contribution in [-0.2, 0) is 16.1 Å². The number of amides is 2. The molecule has 1 fully saturated rings. The predicted molar refractivity (Wildman–Crippen MR) is 106 cm³/mol. The minimum Gasteiger partial charge on any atom is -0.378 e. The Morgan fingerprint density at radius 1 is 1.24 bits per heavy atom. The third-order valence-electron chi connectivity index (χ3n) is 4.47. The fourth-order valence-electron chi connectivity index (χ4n) is 2.98. The van der Waals surface area contributed by atoms with Gasteiger partial charge in [-0.25, -0.2) is 4.39 Å². The monoisotopic (exact) mass is 421 g/mol. The summed E-state index contributed by atoms with van der Waals surface area (Å²) in [4.78, 5) is 26.4. The van der Waals surface area contributed by atoms with Gasteiger partial charge in [-0.2, -0.15) is 0 Å². The van der Waals surface area contributed by atoms with E-state index in [9.17, 15) is 14.0 Å². The highest BCUT2D eigenvalue weighted by molar-refractivity contribution is 7.99. The first-order chi connectivity index (χ1) is 14.0. The number of hydrogen-bond donors (Lipinski definition) is 1. The van der Waals surface area contributed by atoms with Crippen molar-refractivity contribution in [3.63, 3.8) is 0 Å². The Labute approximate surface area is 172 Å². The Kier molecular flexibility index (Phi) is 7.21. The number of nitrogens with one attached hydrogen (secondary N) is 1. The van der Waals surface area contributed by atoms with E-state index in [-0.39, 0.29) is 29.8 Å². The molecule has 3 rings (SSSR count). The zero-order chi connectivity index (χ0) is 20.8. The van der Waals surface area contributed by atoms with E-state index in [2.05, 4.69) is 15.5 Å². The molecule has 1 aromatic heterocycles. The van der Waals surface area contributed by atoms with E-state index in [1.165, 1.54) is 30.0 Å². The fourth-order valence-corrected chi connectivity index (χ4v) is 3.96. The summed E-state index contributed by atoms with van der Waals surface area (Å²) in [5, 5.41) is 11.6. The summed E-state index contributed by atoms with van der Waals surface area (Å²) in [7, 11) is 0. The van der Waals surface area contributed by atoms with Crippen molar-refractivity contribution in [3.05, 3.63) is 41.5 Å². The Morgan fingerprint density at radius 3 is 2.66 bits per heavy atom. The Hall–Kier alpha value is -2.46. The zero-order valence-electron chi connectivity index (χ0n) is 16.4. The largest absolute Gasteiger partial charge is 0.378 e. The van der Waals surface area contributed by atoms with Gasteiger partial charge < -0.3 is 19.5 Å². The van der Waals surface area contributed by atoms with E-state index in [1.807, 2.05) is 18.4 Å². The number of nitrogens with zero attached hydrogens (tertiary/aromatic N) is 4. The van der Waals surface area contributed by atoms with Crippen LogP contribution in [-0.4, -0.2) is 63.5 Å². The fraction of sp³-hybridized carbons (Fsp3) is 0.474. The second-order valence-corrected chi connectivity index (χ2v) is 7.75. The molecule has 0 aliphatic carbocycles. The van der Waals surface area contributed by atoms with Crippen molar-refractivity contribution in [2.75, 3.05) is 32.1 Å². The highest BCUT2D eigenvalue weighted by Gasteiger charge is 2.21. The van der Waals surface area contributed by atoms with Crippen LogP contribution < -0.4 is 5.32 Å². The standard InChI is InChI=1S/C19H24FN5O3S/c1-13(2)25-16(11-21-18(27)14-5-3-4-6-15(14)20)22-23-19(25)29-12-17(26)24-7-9-28-10-8-24/h3-6,13H,7-12H2,1-2H3,(H,21,27). The summed E-state index contributed by atoms with van der Waals surface area (Å²) < 4.78 is 20.9. The van der Waals surface area contributed by atoms with Crippen molar-refractivity contribution in [1.82, 2.24) is 25.0 Å². The molecule has 0 saturated carbocycles. The van der Waals surface area contributed by atoms with Gasteiger partial charge >= 0.3 is 0 Å². The van der Waals surface area contributed by atoms with E-state index < -0.39 is 11.7 Å². The number of carbonyl (C=O) groups excluding carboxylic acids is 2. The molecule has 1 aliphatic heterocycles. The first kappa shape index (κ1) is 21.3. The lowest BCUT2D eigenvalue weighted by Gasteiger charge is -2.26. The molecule has 1 saturated heterocycles. The van der Waals surface area contributed by atoms with Gasteiger partial charge in [0, 0.05) is 19.1 Å². The van der Waals surface area contributed by atoms with E-state index in [0.29, 0.717) is 37.3 Å². The van der Waals surface area contributed by atoms with Crippen molar-refractivity contribution in [2.45, 2.75) is 31.6 Å². The quantitative estimate of drug-likeness (QED) is 0.687. The molecule has 2 amide bonds. The van der Waals surface area contributed by atoms with E-state index in [4.69, 9.17) is 4.74 Å². The van der Waals surface area contributed by atoms with Crippen molar-refractivity contribution < 1.29 is 18.7 Å². The van der Waals surface area contributed by atoms with Crippen LogP contribution in [0, 0.1) is 5.82 Å². The predicted octanol–water partition coefficient (Wildman–Crippen LogP) is 1.88. The topological polar surface area (TPSA) is 89.3 Å². The van der Waals surface area contributed by atoms with Crippen molar-refractivity contribution in [2.24, 2.45) is 0 Å². The molecule has 1 N–H and O–H groups in total. The number of benzene rings is 1. The number of carbonyl (C=O) groups is 2. The van der Waals surface area contributed by atoms with Crippen molar-refractivity contribution >= 4 is 23.6 Å². The average molecular weight is 421 g/mol. The number of hydrogen-bond acceptors (Lipinski definition) is 6. The molecule has 0 atom stereocenters. The van der Waals surface area contributed by atoms with Gasteiger partial charge in [-0.05, 0) is 26.0 Å². The molecular formula is C19H24FN5O3S. The molecule has 10 heteroatoms. The van der Waals surface area contributed by atoms with Crippen LogP contribution >= 0.6 is 11.8 Å². The summed E-state index contributed by atoms with van der Waals surface area (Å²) in [6.45, 7) is 6.37. The molecule has 29 heavy (non-hydrogen) atoms. The van der Waals surface area contributed by atoms with Crippen LogP contribution in [0.2, 0.25) is 0 Å². The minimum atomic E-state index is -0.576. The van der Waals surface area contributed by atoms with E-state index >= 15 is 0 Å². The molecule has 0 unspecified atom stereocenters. The Morgan fingerprint density at radius 2 is 1.97 bits per heavy atom. The second kappa shape index (κ2) is 9.84. The molecular weight excluding hydrogens is 397 g/mol. The molecule has 0 spiro atoms. The third-order valence-corrected chi connectivity index (χ3v) is 5.39. The van der Waals surface area contributed by atoms with E-state index in [0.717, 1.165) is 0 Å². The molecule has 8 nitrogen and oxygen atoms in total. The van der Waals surface area contributed by atoms with Crippen LogP contribution in [0.1, 0.15) is 36.1 Å². The molecule has 0 bridgehead atoms. The van der Waals surface area contributed by atoms with Crippen LogP contribution in [0.3, 0.4) is 0 Å². The zero-order valence-corrected chi connectivity index (χ0v) is 17.2.